The van der Waals surface area contributed by atoms with Crippen LogP contribution in [-0.4, -0.2) is 23.2 Å². The minimum Gasteiger partial charge on any atom is -0.350 e. The number of hydrogen-bond acceptors (Lipinski definition) is 2. The van der Waals surface area contributed by atoms with Gasteiger partial charge in [-0.2, -0.15) is 0 Å². The molecule has 1 aliphatic heterocycles. The molecule has 0 fully saturated rings. The molecule has 0 aromatic carbocycles. The molecule has 0 amide bonds. The van der Waals surface area contributed by atoms with E-state index in [0.29, 0.717) is 0 Å². The van der Waals surface area contributed by atoms with Gasteiger partial charge in [0.15, 0.2) is 5.08 Å². The molecule has 1 unspecified atom stereocenters. The van der Waals surface area contributed by atoms with Crippen LogP contribution < -0.4 is 0 Å². The maximum Gasteiger partial charge on any atom is 0.176 e. The Bertz CT molecular complexity index is 114. The van der Waals surface area contributed by atoms with E-state index in [1.807, 2.05) is 24.2 Å². The van der Waals surface area contributed by atoms with E-state index < -0.39 is 0 Å². The van der Waals surface area contributed by atoms with Gasteiger partial charge in [-0.25, -0.2) is 0 Å². The number of nitrogens with zero attached hydrogens (tertiary/aromatic N) is 2. The van der Waals surface area contributed by atoms with Gasteiger partial charge in [0, 0.05) is 19.5 Å². The molecule has 0 spiro atoms. The van der Waals surface area contributed by atoms with Gasteiger partial charge in [-0.3, -0.25) is 4.99 Å². The first-order valence-corrected chi connectivity index (χ1v) is 3.28. The summed E-state index contributed by atoms with van der Waals surface area (Å²) in [5.41, 5.74) is 0. The summed E-state index contributed by atoms with van der Waals surface area (Å²) in [6.45, 7) is 0. The molecule has 0 aromatic rings. The molecule has 1 aliphatic rings. The normalized spacial score (nSPS) is 26.8. The van der Waals surface area contributed by atoms with Crippen molar-refractivity contribution in [2.75, 3.05) is 7.05 Å². The largest absolute Gasteiger partial charge is 0.350 e. The van der Waals surface area contributed by atoms with E-state index >= 15 is 0 Å². The highest BCUT2D eigenvalue weighted by molar-refractivity contribution is 9.09. The van der Waals surface area contributed by atoms with Crippen LogP contribution in [0.2, 0.25) is 0 Å². The molecule has 0 aliphatic carbocycles. The van der Waals surface area contributed by atoms with Crippen molar-refractivity contribution in [2.24, 2.45) is 4.99 Å². The molecule has 0 saturated heterocycles. The predicted molar refractivity (Wildman–Crippen MR) is 38.1 cm³/mol. The Morgan fingerprint density at radius 2 is 2.50 bits per heavy atom. The maximum atomic E-state index is 4.04. The molecule has 0 aromatic heterocycles. The lowest BCUT2D eigenvalue weighted by molar-refractivity contribution is 0.442. The van der Waals surface area contributed by atoms with Gasteiger partial charge in [0.05, 0.1) is 0 Å². The first kappa shape index (κ1) is 5.82. The second-order valence-corrected chi connectivity index (χ2v) is 2.43. The third-order valence-electron chi connectivity index (χ3n) is 0.952. The van der Waals surface area contributed by atoms with Crippen molar-refractivity contribution >= 4 is 22.1 Å². The van der Waals surface area contributed by atoms with Crippen LogP contribution in [0, 0.1) is 0 Å². The second kappa shape index (κ2) is 2.31. The van der Waals surface area contributed by atoms with Crippen LogP contribution in [-0.2, 0) is 0 Å². The first-order valence-electron chi connectivity index (χ1n) is 2.36. The quantitative estimate of drug-likeness (QED) is 0.399. The Labute approximate surface area is 57.0 Å². The Balaban J connectivity index is 2.59. The van der Waals surface area contributed by atoms with Gasteiger partial charge in [0.2, 0.25) is 0 Å². The summed E-state index contributed by atoms with van der Waals surface area (Å²) in [5, 5.41) is 0.132. The standard InChI is InChI=1S/C5H7BrN2/c1-8-4-2-3-7-5(8)6/h2-5H,1H3. The third-order valence-corrected chi connectivity index (χ3v) is 1.83. The van der Waals surface area contributed by atoms with Crippen LogP contribution in [0.25, 0.3) is 0 Å². The van der Waals surface area contributed by atoms with Gasteiger partial charge in [-0.05, 0) is 22.0 Å². The molecule has 3 heteroatoms. The first-order chi connectivity index (χ1) is 3.80. The van der Waals surface area contributed by atoms with Crippen LogP contribution in [0.1, 0.15) is 0 Å². The molecule has 1 atom stereocenters. The highest BCUT2D eigenvalue weighted by atomic mass is 79.9. The number of alkyl halides is 1. The highest BCUT2D eigenvalue weighted by Gasteiger charge is 2.03. The van der Waals surface area contributed by atoms with Crippen molar-refractivity contribution in [1.82, 2.24) is 4.90 Å². The summed E-state index contributed by atoms with van der Waals surface area (Å²) >= 11 is 3.33. The predicted octanol–water partition coefficient (Wildman–Crippen LogP) is 1.19. The van der Waals surface area contributed by atoms with Crippen LogP contribution >= 0.6 is 15.9 Å². The minimum atomic E-state index is 0.132. The number of halogens is 1. The van der Waals surface area contributed by atoms with E-state index in [2.05, 4.69) is 20.9 Å². The molecule has 0 radical (unpaired) electrons. The van der Waals surface area contributed by atoms with Gasteiger partial charge < -0.3 is 4.90 Å². The Hall–Kier alpha value is -0.310. The molecule has 1 rings (SSSR count). The summed E-state index contributed by atoms with van der Waals surface area (Å²) in [6.07, 6.45) is 5.64. The van der Waals surface area contributed by atoms with Gasteiger partial charge >= 0.3 is 0 Å². The van der Waals surface area contributed by atoms with Crippen molar-refractivity contribution in [2.45, 2.75) is 5.08 Å². The van der Waals surface area contributed by atoms with E-state index in [1.165, 1.54) is 0 Å². The average molecular weight is 175 g/mol. The van der Waals surface area contributed by atoms with Gasteiger partial charge in [0.1, 0.15) is 0 Å². The van der Waals surface area contributed by atoms with E-state index in [9.17, 15) is 0 Å². The fourth-order valence-corrected chi connectivity index (χ4v) is 0.744. The number of rotatable bonds is 0. The average Bonchev–Trinajstić information content (AvgIpc) is 1.77. The Kier molecular flexibility index (Phi) is 1.68. The van der Waals surface area contributed by atoms with Crippen molar-refractivity contribution in [1.29, 1.82) is 0 Å². The Morgan fingerprint density at radius 3 is 2.88 bits per heavy atom. The Morgan fingerprint density at radius 1 is 1.75 bits per heavy atom. The minimum absolute atomic E-state index is 0.132. The molecule has 44 valence electrons. The lowest BCUT2D eigenvalue weighted by atomic mass is 10.6. The van der Waals surface area contributed by atoms with Crippen molar-refractivity contribution in [3.8, 4) is 0 Å². The lowest BCUT2D eigenvalue weighted by Gasteiger charge is -2.18. The number of aliphatic imine (C=N–C) groups is 1. The molecular formula is C5H7BrN2. The molecular weight excluding hydrogens is 168 g/mol. The summed E-state index contributed by atoms with van der Waals surface area (Å²) in [4.78, 5) is 6.01. The molecule has 1 heterocycles. The molecule has 2 nitrogen and oxygen atoms in total. The van der Waals surface area contributed by atoms with Crippen molar-refractivity contribution < 1.29 is 0 Å². The molecule has 0 bridgehead atoms. The van der Waals surface area contributed by atoms with E-state index in [0.717, 1.165) is 0 Å². The van der Waals surface area contributed by atoms with Crippen LogP contribution in [0.5, 0.6) is 0 Å². The monoisotopic (exact) mass is 174 g/mol. The van der Waals surface area contributed by atoms with Crippen molar-refractivity contribution in [3.05, 3.63) is 12.3 Å². The second-order valence-electron chi connectivity index (χ2n) is 1.62. The number of hydrogen-bond donors (Lipinski definition) is 0. The lowest BCUT2D eigenvalue weighted by Crippen LogP contribution is -2.20. The summed E-state index contributed by atoms with van der Waals surface area (Å²) in [7, 11) is 1.96. The van der Waals surface area contributed by atoms with Crippen molar-refractivity contribution in [3.63, 3.8) is 0 Å². The van der Waals surface area contributed by atoms with E-state index in [-0.39, 0.29) is 5.08 Å². The van der Waals surface area contributed by atoms with E-state index in [1.54, 1.807) is 6.21 Å². The fraction of sp³-hybridized carbons (Fsp3) is 0.400. The van der Waals surface area contributed by atoms with Crippen LogP contribution in [0.4, 0.5) is 0 Å². The highest BCUT2D eigenvalue weighted by Crippen LogP contribution is 2.08. The fourth-order valence-electron chi connectivity index (χ4n) is 0.471. The SMILES string of the molecule is CN1C=CC=NC1Br. The zero-order chi connectivity index (χ0) is 5.98. The van der Waals surface area contributed by atoms with Crippen LogP contribution in [0.15, 0.2) is 17.3 Å². The maximum absolute atomic E-state index is 4.04. The molecule has 0 saturated carbocycles. The smallest absolute Gasteiger partial charge is 0.176 e. The zero-order valence-electron chi connectivity index (χ0n) is 4.58. The molecule has 0 N–H and O–H groups in total. The van der Waals surface area contributed by atoms with E-state index in [4.69, 9.17) is 0 Å². The number of allylic oxidation sites excluding steroid dienone is 1. The topological polar surface area (TPSA) is 15.6 Å². The summed E-state index contributed by atoms with van der Waals surface area (Å²) in [6, 6.07) is 0. The van der Waals surface area contributed by atoms with Gasteiger partial charge in [-0.1, -0.05) is 0 Å². The van der Waals surface area contributed by atoms with Gasteiger partial charge in [-0.15, -0.1) is 0 Å². The van der Waals surface area contributed by atoms with Gasteiger partial charge in [0.25, 0.3) is 0 Å². The third kappa shape index (κ3) is 1.10. The summed E-state index contributed by atoms with van der Waals surface area (Å²) < 4.78 is 0. The summed E-state index contributed by atoms with van der Waals surface area (Å²) in [5.74, 6) is 0. The van der Waals surface area contributed by atoms with Crippen LogP contribution in [0.3, 0.4) is 0 Å². The zero-order valence-corrected chi connectivity index (χ0v) is 6.17. The molecule has 8 heavy (non-hydrogen) atoms.